The van der Waals surface area contributed by atoms with E-state index in [1.165, 1.54) is 36.1 Å². The van der Waals surface area contributed by atoms with Gasteiger partial charge in [0.15, 0.2) is 11.6 Å². The van der Waals surface area contributed by atoms with E-state index >= 15 is 4.39 Å². The summed E-state index contributed by atoms with van der Waals surface area (Å²) in [5, 5.41) is 1.41. The molecule has 0 N–H and O–H groups in total. The van der Waals surface area contributed by atoms with Gasteiger partial charge in [0.2, 0.25) is 0 Å². The number of ether oxygens (including phenoxy) is 1. The molecular weight excluding hydrogens is 464 g/mol. The Hall–Kier alpha value is -3.34. The average molecular weight is 495 g/mol. The van der Waals surface area contributed by atoms with Crippen molar-refractivity contribution in [3.63, 3.8) is 0 Å². The number of alkyl halides is 2. The SMILES string of the molecule is CCCCc1ccc(CCc2ccc3c(F)c(CCc4ccc(OC(F)F)c(F)c4)ccc3c2)cc1. The molecule has 0 amide bonds. The Bertz CT molecular complexity index is 1300. The summed E-state index contributed by atoms with van der Waals surface area (Å²) in [6.45, 7) is -0.884. The van der Waals surface area contributed by atoms with Crippen molar-refractivity contribution < 1.29 is 22.3 Å². The Morgan fingerprint density at radius 1 is 0.667 bits per heavy atom. The Morgan fingerprint density at radius 3 is 1.97 bits per heavy atom. The summed E-state index contributed by atoms with van der Waals surface area (Å²) in [5.41, 5.74) is 4.95. The first-order chi connectivity index (χ1) is 17.4. The molecule has 0 saturated heterocycles. The molecule has 5 heteroatoms. The molecular formula is C31H30F4O. The second-order valence-corrected chi connectivity index (χ2v) is 9.16. The highest BCUT2D eigenvalue weighted by Gasteiger charge is 2.12. The van der Waals surface area contributed by atoms with Gasteiger partial charge in [-0.15, -0.1) is 0 Å². The van der Waals surface area contributed by atoms with Crippen LogP contribution in [-0.4, -0.2) is 6.61 Å². The number of fused-ring (bicyclic) bond motifs is 1. The third-order valence-electron chi connectivity index (χ3n) is 6.54. The summed E-state index contributed by atoms with van der Waals surface area (Å²) >= 11 is 0. The van der Waals surface area contributed by atoms with Crippen LogP contribution in [0.5, 0.6) is 5.75 Å². The molecule has 0 unspecified atom stereocenters. The average Bonchev–Trinajstić information content (AvgIpc) is 2.87. The second kappa shape index (κ2) is 12.1. The summed E-state index contributed by atoms with van der Waals surface area (Å²) in [5.74, 6) is -1.63. The molecule has 1 nitrogen and oxygen atoms in total. The third kappa shape index (κ3) is 6.66. The van der Waals surface area contributed by atoms with Crippen molar-refractivity contribution in [3.8, 4) is 5.75 Å². The fraction of sp³-hybridized carbons (Fsp3) is 0.290. The number of unbranched alkanes of at least 4 members (excludes halogenated alkanes) is 1. The summed E-state index contributed by atoms with van der Waals surface area (Å²) in [6.07, 6.45) is 6.08. The first-order valence-electron chi connectivity index (χ1n) is 12.4. The van der Waals surface area contributed by atoms with Gasteiger partial charge >= 0.3 is 6.61 Å². The van der Waals surface area contributed by atoms with Gasteiger partial charge in [0.25, 0.3) is 0 Å². The van der Waals surface area contributed by atoms with Crippen molar-refractivity contribution in [2.24, 2.45) is 0 Å². The minimum absolute atomic E-state index is 0.278. The quantitative estimate of drug-likeness (QED) is 0.190. The topological polar surface area (TPSA) is 9.23 Å². The molecule has 36 heavy (non-hydrogen) atoms. The van der Waals surface area contributed by atoms with Crippen molar-refractivity contribution in [1.29, 1.82) is 0 Å². The molecule has 0 atom stereocenters. The largest absolute Gasteiger partial charge is 0.432 e. The lowest BCUT2D eigenvalue weighted by Gasteiger charge is -2.10. The molecule has 0 aromatic heterocycles. The van der Waals surface area contributed by atoms with Crippen molar-refractivity contribution in [2.45, 2.75) is 58.5 Å². The zero-order valence-electron chi connectivity index (χ0n) is 20.4. The zero-order valence-corrected chi connectivity index (χ0v) is 20.4. The summed E-state index contributed by atoms with van der Waals surface area (Å²) < 4.78 is 57.9. The Morgan fingerprint density at radius 2 is 1.28 bits per heavy atom. The molecule has 0 bridgehead atoms. The Balaban J connectivity index is 1.39. The van der Waals surface area contributed by atoms with E-state index in [-0.39, 0.29) is 5.82 Å². The van der Waals surface area contributed by atoms with Gasteiger partial charge in [0, 0.05) is 5.39 Å². The summed E-state index contributed by atoms with van der Waals surface area (Å²) in [6, 6.07) is 22.2. The van der Waals surface area contributed by atoms with Gasteiger partial charge in [-0.3, -0.25) is 0 Å². The van der Waals surface area contributed by atoms with Gasteiger partial charge in [0.1, 0.15) is 5.82 Å². The maximum absolute atomic E-state index is 15.2. The predicted molar refractivity (Wildman–Crippen MR) is 137 cm³/mol. The van der Waals surface area contributed by atoms with E-state index in [9.17, 15) is 13.2 Å². The maximum Gasteiger partial charge on any atom is 0.387 e. The number of hydrogen-bond acceptors (Lipinski definition) is 1. The first kappa shape index (κ1) is 25.7. The van der Waals surface area contributed by atoms with E-state index in [1.807, 2.05) is 24.3 Å². The Labute approximate surface area is 209 Å². The summed E-state index contributed by atoms with van der Waals surface area (Å²) in [4.78, 5) is 0. The smallest absolute Gasteiger partial charge is 0.387 e. The molecule has 0 heterocycles. The van der Waals surface area contributed by atoms with Crippen LogP contribution in [-0.2, 0) is 32.1 Å². The van der Waals surface area contributed by atoms with E-state index in [2.05, 4.69) is 35.9 Å². The van der Waals surface area contributed by atoms with Crippen LogP contribution < -0.4 is 4.74 Å². The first-order valence-corrected chi connectivity index (χ1v) is 12.4. The highest BCUT2D eigenvalue weighted by Crippen LogP contribution is 2.26. The fourth-order valence-corrected chi connectivity index (χ4v) is 4.45. The van der Waals surface area contributed by atoms with E-state index in [1.54, 1.807) is 6.07 Å². The maximum atomic E-state index is 15.2. The van der Waals surface area contributed by atoms with Gasteiger partial charge in [0.05, 0.1) is 0 Å². The van der Waals surface area contributed by atoms with Crippen LogP contribution in [0.3, 0.4) is 0 Å². The van der Waals surface area contributed by atoms with Crippen LogP contribution in [0.15, 0.2) is 72.8 Å². The lowest BCUT2D eigenvalue weighted by atomic mass is 9.97. The highest BCUT2D eigenvalue weighted by molar-refractivity contribution is 5.84. The number of rotatable bonds is 11. The number of halogens is 4. The molecule has 4 rings (SSSR count). The molecule has 0 radical (unpaired) electrons. The fourth-order valence-electron chi connectivity index (χ4n) is 4.45. The molecule has 0 saturated carbocycles. The van der Waals surface area contributed by atoms with Crippen molar-refractivity contribution in [2.75, 3.05) is 0 Å². The monoisotopic (exact) mass is 494 g/mol. The van der Waals surface area contributed by atoms with Crippen LogP contribution in [0.2, 0.25) is 0 Å². The third-order valence-corrected chi connectivity index (χ3v) is 6.54. The molecule has 0 aliphatic heterocycles. The van der Waals surface area contributed by atoms with Crippen molar-refractivity contribution >= 4 is 10.8 Å². The van der Waals surface area contributed by atoms with Crippen LogP contribution >= 0.6 is 0 Å². The lowest BCUT2D eigenvalue weighted by Crippen LogP contribution is -2.04. The van der Waals surface area contributed by atoms with Gasteiger partial charge in [-0.2, -0.15) is 8.78 Å². The summed E-state index contributed by atoms with van der Waals surface area (Å²) in [7, 11) is 0. The van der Waals surface area contributed by atoms with Crippen LogP contribution in [0.25, 0.3) is 10.8 Å². The lowest BCUT2D eigenvalue weighted by molar-refractivity contribution is -0.0522. The molecule has 0 aliphatic rings. The van der Waals surface area contributed by atoms with Gasteiger partial charge in [-0.25, -0.2) is 8.78 Å². The Kier molecular flexibility index (Phi) is 8.63. The van der Waals surface area contributed by atoms with Crippen molar-refractivity contribution in [3.05, 3.63) is 112 Å². The van der Waals surface area contributed by atoms with Crippen LogP contribution in [0.4, 0.5) is 17.6 Å². The molecule has 0 spiro atoms. The number of aryl methyl sites for hydroxylation is 5. The van der Waals surface area contributed by atoms with Gasteiger partial charge in [-0.05, 0) is 83.9 Å². The zero-order chi connectivity index (χ0) is 25.5. The van der Waals surface area contributed by atoms with E-state index < -0.39 is 18.2 Å². The van der Waals surface area contributed by atoms with Crippen LogP contribution in [0, 0.1) is 11.6 Å². The van der Waals surface area contributed by atoms with E-state index in [4.69, 9.17) is 0 Å². The second-order valence-electron chi connectivity index (χ2n) is 9.16. The van der Waals surface area contributed by atoms with Crippen molar-refractivity contribution in [1.82, 2.24) is 0 Å². The number of hydrogen-bond donors (Lipinski definition) is 0. The molecule has 0 fully saturated rings. The molecule has 4 aromatic rings. The van der Waals surface area contributed by atoms with E-state index in [0.29, 0.717) is 29.4 Å². The van der Waals surface area contributed by atoms with Gasteiger partial charge < -0.3 is 4.74 Å². The molecule has 0 aliphatic carbocycles. The minimum Gasteiger partial charge on any atom is -0.432 e. The number of benzene rings is 4. The molecule has 188 valence electrons. The predicted octanol–water partition coefficient (Wildman–Crippen LogP) is 8.63. The normalized spacial score (nSPS) is 11.4. The molecule has 4 aromatic carbocycles. The minimum atomic E-state index is -3.08. The highest BCUT2D eigenvalue weighted by atomic mass is 19.3. The van der Waals surface area contributed by atoms with E-state index in [0.717, 1.165) is 36.3 Å². The van der Waals surface area contributed by atoms with Crippen LogP contribution in [0.1, 0.15) is 47.6 Å². The van der Waals surface area contributed by atoms with Gasteiger partial charge in [-0.1, -0.05) is 74.0 Å². The standard InChI is InChI=1S/C31H30F4O/c1-2-3-4-21-5-7-22(8-6-21)9-10-23-12-17-27-26(19-23)16-15-25(30(27)33)14-11-24-13-18-29(28(32)20-24)36-31(34)35/h5-8,12-13,15-20,31H,2-4,9-11,14H2,1H3.